The van der Waals surface area contributed by atoms with Crippen molar-refractivity contribution in [3.05, 3.63) is 0 Å². The second-order valence-electron chi connectivity index (χ2n) is 0.500. The van der Waals surface area contributed by atoms with Crippen molar-refractivity contribution in [3.8, 4) is 0 Å². The van der Waals surface area contributed by atoms with Crippen molar-refractivity contribution in [2.75, 3.05) is 0 Å². The third kappa shape index (κ3) is 176. The van der Waals surface area contributed by atoms with Gasteiger partial charge in [0.25, 0.3) is 0 Å². The number of hydrogen-bond donors (Lipinski definition) is 0. The third-order valence-electron chi connectivity index (χ3n) is 0. The van der Waals surface area contributed by atoms with Gasteiger partial charge in [-0.1, -0.05) is 0 Å². The average molecular weight is 148 g/mol. The molecule has 0 bridgehead atoms. The summed E-state index contributed by atoms with van der Waals surface area (Å²) in [5.74, 6) is 0. The Bertz CT molecular complexity index is 23.0. The fourth-order valence-corrected chi connectivity index (χ4v) is 0. The maximum Gasteiger partial charge on any atom is 4.00 e. The van der Waals surface area contributed by atoms with E-state index >= 15 is 0 Å². The molecule has 0 amide bonds. The van der Waals surface area contributed by atoms with Crippen LogP contribution >= 0.6 is 0 Å². The molecule has 0 rings (SSSR count). The standard InChI is InChI=1S/Fe.O4Si/c;1-5(2,3)4/q+4;-4. The molecule has 0 aliphatic heterocycles. The second kappa shape index (κ2) is 2.70. The Morgan fingerprint density at radius 3 is 0.833 bits per heavy atom. The molecule has 0 N–H and O–H groups in total. The van der Waals surface area contributed by atoms with Crippen LogP contribution in [-0.2, 0) is 17.1 Å². The van der Waals surface area contributed by atoms with Gasteiger partial charge >= 0.3 is 17.1 Å². The first-order chi connectivity index (χ1) is 2.00. The molecule has 0 aromatic heterocycles. The number of rotatable bonds is 0. The second-order valence-corrected chi connectivity index (χ2v) is 1.50. The molecule has 0 spiro atoms. The van der Waals surface area contributed by atoms with Gasteiger partial charge in [-0.15, -0.1) is 0 Å². The van der Waals surface area contributed by atoms with E-state index in [1.165, 1.54) is 0 Å². The van der Waals surface area contributed by atoms with Crippen molar-refractivity contribution in [2.24, 2.45) is 0 Å². The van der Waals surface area contributed by atoms with E-state index in [1.54, 1.807) is 0 Å². The predicted molar refractivity (Wildman–Crippen MR) is 5.75 cm³/mol. The normalized spacial score (nSPS) is 10.0. The fraction of sp³-hybridized carbons (Fsp3) is 0. The molecule has 0 aromatic rings. The zero-order valence-electron chi connectivity index (χ0n) is 2.49. The van der Waals surface area contributed by atoms with Crippen LogP contribution in [0.15, 0.2) is 0 Å². The summed E-state index contributed by atoms with van der Waals surface area (Å²) < 4.78 is 0. The maximum atomic E-state index is 8.58. The van der Waals surface area contributed by atoms with E-state index in [2.05, 4.69) is 0 Å². The molecule has 0 saturated carbocycles. The molecule has 0 radical (unpaired) electrons. The SMILES string of the molecule is [Fe+4].[O-][Si]([O-])([O-])[O-]. The van der Waals surface area contributed by atoms with E-state index in [9.17, 15) is 0 Å². The molecule has 4 nitrogen and oxygen atoms in total. The van der Waals surface area contributed by atoms with Gasteiger partial charge in [-0.2, -0.15) is 0 Å². The maximum absolute atomic E-state index is 8.58. The largest absolute Gasteiger partial charge is 4.00 e. The molecule has 6 heteroatoms. The van der Waals surface area contributed by atoms with Crippen LogP contribution in [0.25, 0.3) is 0 Å². The summed E-state index contributed by atoms with van der Waals surface area (Å²) in [5.41, 5.74) is 0. The quantitative estimate of drug-likeness (QED) is 0.321. The van der Waals surface area contributed by atoms with Crippen LogP contribution in [0.4, 0.5) is 0 Å². The molecule has 0 fully saturated rings. The van der Waals surface area contributed by atoms with E-state index < -0.39 is 9.05 Å². The molecule has 0 aromatic carbocycles. The Balaban J connectivity index is 0. The van der Waals surface area contributed by atoms with Crippen LogP contribution < -0.4 is 19.2 Å². The zero-order chi connectivity index (χ0) is 4.50. The molecule has 36 valence electrons. The predicted octanol–water partition coefficient (Wildman–Crippen LogP) is -5.14. The van der Waals surface area contributed by atoms with Gasteiger partial charge in [-0.05, 0) is 0 Å². The molecular weight excluding hydrogens is 148 g/mol. The first kappa shape index (κ1) is 9.76. The van der Waals surface area contributed by atoms with Crippen molar-refractivity contribution in [1.82, 2.24) is 0 Å². The van der Waals surface area contributed by atoms with Crippen LogP contribution in [0.3, 0.4) is 0 Å². The van der Waals surface area contributed by atoms with Gasteiger partial charge in [0.05, 0.1) is 0 Å². The van der Waals surface area contributed by atoms with Crippen LogP contribution in [0.2, 0.25) is 0 Å². The summed E-state index contributed by atoms with van der Waals surface area (Å²) in [5, 5.41) is 0. The molecule has 6 heavy (non-hydrogen) atoms. The first-order valence-electron chi connectivity index (χ1n) is 0.816. The van der Waals surface area contributed by atoms with Gasteiger partial charge in [0, 0.05) is 0 Å². The Kier molecular flexibility index (Phi) is 4.39. The van der Waals surface area contributed by atoms with Crippen LogP contribution in [0.1, 0.15) is 0 Å². The zero-order valence-corrected chi connectivity index (χ0v) is 4.59. The van der Waals surface area contributed by atoms with Crippen LogP contribution in [0, 0.1) is 0 Å². The number of hydrogen-bond acceptors (Lipinski definition) is 4. The van der Waals surface area contributed by atoms with E-state index in [1.807, 2.05) is 0 Å². The van der Waals surface area contributed by atoms with Crippen LogP contribution in [-0.4, -0.2) is 9.05 Å². The Morgan fingerprint density at radius 2 is 0.833 bits per heavy atom. The summed E-state index contributed by atoms with van der Waals surface area (Å²) in [6.45, 7) is 0. The van der Waals surface area contributed by atoms with Gasteiger partial charge in [0.15, 0.2) is 0 Å². The molecule has 0 heterocycles. The van der Waals surface area contributed by atoms with Crippen molar-refractivity contribution in [1.29, 1.82) is 0 Å². The minimum Gasteiger partial charge on any atom is -0.894 e. The third-order valence-corrected chi connectivity index (χ3v) is 0. The Morgan fingerprint density at radius 1 is 0.833 bits per heavy atom. The molecule has 0 atom stereocenters. The van der Waals surface area contributed by atoms with Crippen molar-refractivity contribution < 1.29 is 36.3 Å². The Labute approximate surface area is 46.0 Å². The fourth-order valence-electron chi connectivity index (χ4n) is 0. The summed E-state index contributed by atoms with van der Waals surface area (Å²) in [6.07, 6.45) is 0. The minimum atomic E-state index is -5.61. The Hall–Kier alpha value is 0.576. The molecule has 0 unspecified atom stereocenters. The van der Waals surface area contributed by atoms with E-state index in [0.29, 0.717) is 0 Å². The molecular formula is FeO4Si. The summed E-state index contributed by atoms with van der Waals surface area (Å²) in [7, 11) is -5.61. The smallest absolute Gasteiger partial charge is 0.894 e. The monoisotopic (exact) mass is 148 g/mol. The first-order valence-corrected chi connectivity index (χ1v) is 2.45. The van der Waals surface area contributed by atoms with E-state index in [0.717, 1.165) is 0 Å². The topological polar surface area (TPSA) is 92.2 Å². The molecule has 0 saturated heterocycles. The van der Waals surface area contributed by atoms with Gasteiger partial charge in [-0.25, -0.2) is 0 Å². The van der Waals surface area contributed by atoms with E-state index in [-0.39, 0.29) is 17.1 Å². The van der Waals surface area contributed by atoms with Crippen LogP contribution in [0.5, 0.6) is 0 Å². The van der Waals surface area contributed by atoms with Crippen molar-refractivity contribution in [2.45, 2.75) is 0 Å². The van der Waals surface area contributed by atoms with Gasteiger partial charge < -0.3 is 28.2 Å². The van der Waals surface area contributed by atoms with Gasteiger partial charge in [-0.3, -0.25) is 0 Å². The minimum absolute atomic E-state index is 0. The average Bonchev–Trinajstić information content (AvgIpc) is 0.722. The molecule has 0 aliphatic carbocycles. The summed E-state index contributed by atoms with van der Waals surface area (Å²) >= 11 is 0. The summed E-state index contributed by atoms with van der Waals surface area (Å²) in [4.78, 5) is 34.3. The van der Waals surface area contributed by atoms with Crippen molar-refractivity contribution >= 4 is 9.05 Å². The van der Waals surface area contributed by atoms with E-state index in [4.69, 9.17) is 19.2 Å². The molecule has 0 aliphatic rings. The van der Waals surface area contributed by atoms with Crippen molar-refractivity contribution in [3.63, 3.8) is 0 Å². The van der Waals surface area contributed by atoms with Gasteiger partial charge in [0.1, 0.15) is 0 Å². The van der Waals surface area contributed by atoms with Gasteiger partial charge in [0.2, 0.25) is 0 Å². The summed E-state index contributed by atoms with van der Waals surface area (Å²) in [6, 6.07) is 0.